The van der Waals surface area contributed by atoms with E-state index >= 15 is 0 Å². The van der Waals surface area contributed by atoms with E-state index in [1.54, 1.807) is 43.5 Å². The molecule has 0 bridgehead atoms. The largest absolute Gasteiger partial charge is 0.342 e. The summed E-state index contributed by atoms with van der Waals surface area (Å²) in [6.45, 7) is 0.840. The summed E-state index contributed by atoms with van der Waals surface area (Å²) in [5.74, 6) is -0.339. The van der Waals surface area contributed by atoms with E-state index in [2.05, 4.69) is 15.6 Å². The predicted molar refractivity (Wildman–Crippen MR) is 134 cm³/mol. The molecule has 1 fully saturated rings. The summed E-state index contributed by atoms with van der Waals surface area (Å²) >= 11 is 14.3. The highest BCUT2D eigenvalue weighted by Crippen LogP contribution is 2.41. The topological polar surface area (TPSA) is 77.4 Å². The van der Waals surface area contributed by atoms with Gasteiger partial charge in [-0.3, -0.25) is 0 Å². The van der Waals surface area contributed by atoms with Crippen LogP contribution in [0.25, 0.3) is 0 Å². The maximum Gasteiger partial charge on any atom is 0.318 e. The highest BCUT2D eigenvalue weighted by atomic mass is 35.5. The van der Waals surface area contributed by atoms with Gasteiger partial charge in [-0.1, -0.05) is 29.3 Å². The fourth-order valence-corrected chi connectivity index (χ4v) is 4.82. The van der Waals surface area contributed by atoms with Crippen LogP contribution in [0.5, 0.6) is 0 Å². The lowest BCUT2D eigenvalue weighted by atomic mass is 10.1. The van der Waals surface area contributed by atoms with Crippen LogP contribution in [-0.4, -0.2) is 41.1 Å². The number of anilines is 1. The molecule has 0 saturated carbocycles. The Bertz CT molecular complexity index is 1070. The third kappa shape index (κ3) is 6.35. The van der Waals surface area contributed by atoms with E-state index in [1.165, 1.54) is 0 Å². The number of imidazole rings is 1. The molecule has 0 aliphatic carbocycles. The van der Waals surface area contributed by atoms with Crippen LogP contribution in [0.1, 0.15) is 5.56 Å². The summed E-state index contributed by atoms with van der Waals surface area (Å²) in [5, 5.41) is 6.31. The lowest BCUT2D eigenvalue weighted by molar-refractivity contribution is -0.184. The average molecular weight is 530 g/mol. The van der Waals surface area contributed by atoms with Crippen LogP contribution in [0.3, 0.4) is 0 Å². The van der Waals surface area contributed by atoms with Gasteiger partial charge in [0, 0.05) is 46.4 Å². The number of thioether (sulfide) groups is 1. The summed E-state index contributed by atoms with van der Waals surface area (Å²) in [7, 11) is 1.58. The third-order valence-electron chi connectivity index (χ3n) is 4.93. The molecule has 2 amide bonds. The number of hydrogen-bond donors (Lipinski definition) is 2. The van der Waals surface area contributed by atoms with E-state index in [-0.39, 0.29) is 24.5 Å². The van der Waals surface area contributed by atoms with E-state index in [0.717, 1.165) is 16.1 Å². The zero-order valence-corrected chi connectivity index (χ0v) is 20.8. The molecule has 11 heteroatoms. The maximum atomic E-state index is 11.4. The van der Waals surface area contributed by atoms with Crippen molar-refractivity contribution in [3.63, 3.8) is 0 Å². The van der Waals surface area contributed by atoms with Gasteiger partial charge in [-0.25, -0.2) is 9.78 Å². The molecule has 4 rings (SSSR count). The standard InChI is InChI=1S/C22H22Cl2N4O3S.ClH/c1-25-21(29)27-16-3-5-18(6-4-16)32-12-17-11-30-22(31-17,13-28-9-8-26-14-28)19-7-2-15(23)10-20(19)24;/h2-10,14,17H,11-13H2,1H3,(H2,25,27,29);1H. The molecular weight excluding hydrogens is 507 g/mol. The molecule has 1 aromatic heterocycles. The highest BCUT2D eigenvalue weighted by Gasteiger charge is 2.45. The van der Waals surface area contributed by atoms with E-state index in [0.29, 0.717) is 28.9 Å². The van der Waals surface area contributed by atoms with E-state index in [9.17, 15) is 4.79 Å². The number of carbonyl (C=O) groups is 1. The van der Waals surface area contributed by atoms with E-state index < -0.39 is 5.79 Å². The number of rotatable bonds is 7. The number of nitrogens with zero attached hydrogens (tertiary/aromatic N) is 2. The minimum absolute atomic E-state index is 0. The molecule has 2 heterocycles. The monoisotopic (exact) mass is 528 g/mol. The van der Waals surface area contributed by atoms with Crippen LogP contribution in [0.15, 0.2) is 66.1 Å². The Labute approximate surface area is 212 Å². The van der Waals surface area contributed by atoms with Gasteiger partial charge in [0.1, 0.15) is 0 Å². The lowest BCUT2D eigenvalue weighted by Crippen LogP contribution is -2.34. The van der Waals surface area contributed by atoms with Crippen LogP contribution in [0, 0.1) is 0 Å². The summed E-state index contributed by atoms with van der Waals surface area (Å²) < 4.78 is 14.6. The van der Waals surface area contributed by atoms with Crippen LogP contribution < -0.4 is 10.6 Å². The Morgan fingerprint density at radius 2 is 2.06 bits per heavy atom. The molecule has 2 aromatic carbocycles. The van der Waals surface area contributed by atoms with E-state index in [4.69, 9.17) is 32.7 Å². The van der Waals surface area contributed by atoms with Crippen LogP contribution >= 0.6 is 47.4 Å². The first-order valence-electron chi connectivity index (χ1n) is 9.92. The van der Waals surface area contributed by atoms with Gasteiger partial charge in [0.2, 0.25) is 5.79 Å². The number of halogens is 3. The van der Waals surface area contributed by atoms with Crippen LogP contribution in [0.2, 0.25) is 10.0 Å². The van der Waals surface area contributed by atoms with Crippen LogP contribution in [-0.2, 0) is 21.8 Å². The van der Waals surface area contributed by atoms with Gasteiger partial charge >= 0.3 is 6.03 Å². The van der Waals surface area contributed by atoms with Crippen molar-refractivity contribution in [1.29, 1.82) is 0 Å². The number of amides is 2. The number of hydrogen-bond acceptors (Lipinski definition) is 5. The van der Waals surface area contributed by atoms with Gasteiger partial charge in [0.15, 0.2) is 0 Å². The second-order valence-electron chi connectivity index (χ2n) is 7.20. The number of carbonyl (C=O) groups excluding carboxylic acids is 1. The Morgan fingerprint density at radius 1 is 1.27 bits per heavy atom. The smallest absolute Gasteiger partial charge is 0.318 e. The fourth-order valence-electron chi connectivity index (χ4n) is 3.39. The predicted octanol–water partition coefficient (Wildman–Crippen LogP) is 5.42. The first-order valence-corrected chi connectivity index (χ1v) is 11.7. The molecule has 1 saturated heterocycles. The van der Waals surface area contributed by atoms with Crippen molar-refractivity contribution < 1.29 is 14.3 Å². The SMILES string of the molecule is CNC(=O)Nc1ccc(SCC2COC(Cn3ccnc3)(c3ccc(Cl)cc3Cl)O2)cc1.Cl. The Hall–Kier alpha value is -1.94. The van der Waals surface area contributed by atoms with E-state index in [1.807, 2.05) is 41.1 Å². The quantitative estimate of drug-likeness (QED) is 0.400. The lowest BCUT2D eigenvalue weighted by Gasteiger charge is -2.30. The molecular formula is C22H23Cl3N4O3S. The first-order chi connectivity index (χ1) is 15.5. The molecule has 33 heavy (non-hydrogen) atoms. The molecule has 7 nitrogen and oxygen atoms in total. The van der Waals surface area contributed by atoms with Crippen molar-refractivity contribution in [2.75, 3.05) is 24.7 Å². The summed E-state index contributed by atoms with van der Waals surface area (Å²) in [6.07, 6.45) is 5.14. The number of nitrogens with one attached hydrogen (secondary N) is 2. The van der Waals surface area contributed by atoms with Gasteiger partial charge in [0.25, 0.3) is 0 Å². The Balaban J connectivity index is 0.00000306. The number of aromatic nitrogens is 2. The zero-order chi connectivity index (χ0) is 22.6. The normalized spacial score (nSPS) is 19.7. The van der Waals surface area contributed by atoms with Crippen LogP contribution in [0.4, 0.5) is 10.5 Å². The first kappa shape index (κ1) is 25.7. The number of ether oxygens (including phenoxy) is 2. The summed E-state index contributed by atoms with van der Waals surface area (Å²) in [6, 6.07) is 12.7. The van der Waals surface area contributed by atoms with Crippen molar-refractivity contribution >= 4 is 59.1 Å². The van der Waals surface area contributed by atoms with Gasteiger partial charge in [-0.05, 0) is 36.4 Å². The molecule has 176 valence electrons. The van der Waals surface area contributed by atoms with Gasteiger partial charge < -0.3 is 24.7 Å². The van der Waals surface area contributed by atoms with Crippen molar-refractivity contribution in [3.8, 4) is 0 Å². The van der Waals surface area contributed by atoms with Crippen molar-refractivity contribution in [2.24, 2.45) is 0 Å². The minimum atomic E-state index is -1.03. The summed E-state index contributed by atoms with van der Waals surface area (Å²) in [5.41, 5.74) is 1.46. The second kappa shape index (κ2) is 11.5. The molecule has 2 atom stereocenters. The van der Waals surface area contributed by atoms with Gasteiger partial charge in [-0.2, -0.15) is 0 Å². The number of urea groups is 1. The third-order valence-corrected chi connectivity index (χ3v) is 6.62. The molecule has 2 unspecified atom stereocenters. The molecule has 1 aliphatic rings. The highest BCUT2D eigenvalue weighted by molar-refractivity contribution is 7.99. The Morgan fingerprint density at radius 3 is 2.73 bits per heavy atom. The zero-order valence-electron chi connectivity index (χ0n) is 17.7. The van der Waals surface area contributed by atoms with Gasteiger partial charge in [0.05, 0.1) is 30.6 Å². The Kier molecular flexibility index (Phi) is 8.92. The molecule has 1 aliphatic heterocycles. The van der Waals surface area contributed by atoms with Crippen molar-refractivity contribution in [2.45, 2.75) is 23.3 Å². The fraction of sp³-hybridized carbons (Fsp3) is 0.273. The molecule has 0 radical (unpaired) electrons. The molecule has 0 spiro atoms. The molecule has 3 aromatic rings. The molecule has 2 N–H and O–H groups in total. The van der Waals surface area contributed by atoms with Crippen molar-refractivity contribution in [1.82, 2.24) is 14.9 Å². The second-order valence-corrected chi connectivity index (χ2v) is 9.14. The summed E-state index contributed by atoms with van der Waals surface area (Å²) in [4.78, 5) is 16.6. The van der Waals surface area contributed by atoms with Gasteiger partial charge in [-0.15, -0.1) is 24.2 Å². The van der Waals surface area contributed by atoms with Crippen molar-refractivity contribution in [3.05, 3.63) is 76.8 Å². The maximum absolute atomic E-state index is 11.4. The minimum Gasteiger partial charge on any atom is -0.342 e. The average Bonchev–Trinajstić information content (AvgIpc) is 3.44. The number of benzene rings is 2.